The van der Waals surface area contributed by atoms with Crippen molar-refractivity contribution >= 4 is 0 Å². The van der Waals surface area contributed by atoms with Crippen molar-refractivity contribution in [3.8, 4) is 11.5 Å². The highest BCUT2D eigenvalue weighted by molar-refractivity contribution is 5.41. The van der Waals surface area contributed by atoms with Gasteiger partial charge in [-0.3, -0.25) is 0 Å². The van der Waals surface area contributed by atoms with E-state index in [0.29, 0.717) is 18.2 Å². The molecule has 4 heteroatoms. The number of aliphatic hydroxyl groups is 1. The molecule has 1 atom stereocenters. The fourth-order valence-corrected chi connectivity index (χ4v) is 2.19. The molecule has 0 saturated carbocycles. The molecule has 0 aliphatic heterocycles. The van der Waals surface area contributed by atoms with E-state index in [-0.39, 0.29) is 0 Å². The van der Waals surface area contributed by atoms with Gasteiger partial charge in [-0.15, -0.1) is 0 Å². The van der Waals surface area contributed by atoms with Gasteiger partial charge >= 0.3 is 0 Å². The van der Waals surface area contributed by atoms with Gasteiger partial charge in [-0.2, -0.15) is 0 Å². The number of rotatable bonds is 7. The molecule has 108 valence electrons. The zero-order valence-corrected chi connectivity index (χ0v) is 12.5. The van der Waals surface area contributed by atoms with Gasteiger partial charge in [-0.25, -0.2) is 0 Å². The maximum absolute atomic E-state index is 10.4. The largest absolute Gasteiger partial charge is 0.497 e. The van der Waals surface area contributed by atoms with Crippen molar-refractivity contribution in [3.63, 3.8) is 0 Å². The first kappa shape index (κ1) is 15.8. The van der Waals surface area contributed by atoms with Crippen LogP contribution in [0.5, 0.6) is 11.5 Å². The molecule has 0 bridgehead atoms. The summed E-state index contributed by atoms with van der Waals surface area (Å²) in [6.07, 6.45) is -0.589. The lowest BCUT2D eigenvalue weighted by Crippen LogP contribution is -2.28. The van der Waals surface area contributed by atoms with Crippen molar-refractivity contribution in [2.24, 2.45) is 5.92 Å². The van der Waals surface area contributed by atoms with Crippen molar-refractivity contribution in [1.82, 2.24) is 4.90 Å². The van der Waals surface area contributed by atoms with Gasteiger partial charge in [0.25, 0.3) is 0 Å². The molecular formula is C15H25NO3. The third-order valence-electron chi connectivity index (χ3n) is 2.96. The molecule has 0 aromatic heterocycles. The van der Waals surface area contributed by atoms with Gasteiger partial charge in [-0.1, -0.05) is 13.8 Å². The summed E-state index contributed by atoms with van der Waals surface area (Å²) in [6, 6.07) is 5.47. The topological polar surface area (TPSA) is 41.9 Å². The summed E-state index contributed by atoms with van der Waals surface area (Å²) in [5.41, 5.74) is 0.762. The zero-order valence-electron chi connectivity index (χ0n) is 12.5. The molecule has 0 aliphatic carbocycles. The minimum atomic E-state index is -0.589. The molecule has 4 nitrogen and oxygen atoms in total. The van der Waals surface area contributed by atoms with Gasteiger partial charge in [-0.05, 0) is 31.2 Å². The standard InChI is InChI=1S/C15H25NO3/c1-11(2)9-16(3)10-14(17)13-8-12(18-4)6-7-15(13)19-5/h6-8,11,14,17H,9-10H2,1-5H3. The van der Waals surface area contributed by atoms with E-state index in [0.717, 1.165) is 17.9 Å². The molecule has 0 saturated heterocycles. The van der Waals surface area contributed by atoms with E-state index in [1.165, 1.54) is 0 Å². The molecule has 0 fully saturated rings. The summed E-state index contributed by atoms with van der Waals surface area (Å²) in [5.74, 6) is 1.98. The molecular weight excluding hydrogens is 242 g/mol. The molecule has 0 radical (unpaired) electrons. The second kappa shape index (κ2) is 7.36. The number of benzene rings is 1. The van der Waals surface area contributed by atoms with Crippen LogP contribution in [-0.4, -0.2) is 44.4 Å². The average Bonchev–Trinajstić information content (AvgIpc) is 2.36. The first-order valence-corrected chi connectivity index (χ1v) is 6.56. The fraction of sp³-hybridized carbons (Fsp3) is 0.600. The number of ether oxygens (including phenoxy) is 2. The summed E-state index contributed by atoms with van der Waals surface area (Å²) in [7, 11) is 5.23. The fourth-order valence-electron chi connectivity index (χ4n) is 2.19. The van der Waals surface area contributed by atoms with Crippen LogP contribution in [0.15, 0.2) is 18.2 Å². The van der Waals surface area contributed by atoms with E-state index in [9.17, 15) is 5.11 Å². The van der Waals surface area contributed by atoms with Gasteiger partial charge in [0.05, 0.1) is 20.3 Å². The molecule has 0 amide bonds. The SMILES string of the molecule is COc1ccc(OC)c(C(O)CN(C)CC(C)C)c1. The highest BCUT2D eigenvalue weighted by Crippen LogP contribution is 2.29. The van der Waals surface area contributed by atoms with Gasteiger partial charge in [0.2, 0.25) is 0 Å². The summed E-state index contributed by atoms with van der Waals surface area (Å²) in [5, 5.41) is 10.4. The molecule has 0 spiro atoms. The Labute approximate surface area is 115 Å². The van der Waals surface area contributed by atoms with Crippen LogP contribution in [0, 0.1) is 5.92 Å². The Balaban J connectivity index is 2.82. The monoisotopic (exact) mass is 267 g/mol. The molecule has 1 aromatic carbocycles. The maximum Gasteiger partial charge on any atom is 0.124 e. The molecule has 0 aliphatic rings. The Kier molecular flexibility index (Phi) is 6.12. The van der Waals surface area contributed by atoms with Crippen molar-refractivity contribution in [2.75, 3.05) is 34.4 Å². The van der Waals surface area contributed by atoms with Crippen LogP contribution >= 0.6 is 0 Å². The van der Waals surface area contributed by atoms with Gasteiger partial charge < -0.3 is 19.5 Å². The predicted molar refractivity (Wildman–Crippen MR) is 76.8 cm³/mol. The third kappa shape index (κ3) is 4.73. The Morgan fingerprint density at radius 3 is 2.37 bits per heavy atom. The number of hydrogen-bond donors (Lipinski definition) is 1. The summed E-state index contributed by atoms with van der Waals surface area (Å²) >= 11 is 0. The Morgan fingerprint density at radius 2 is 1.84 bits per heavy atom. The second-order valence-electron chi connectivity index (χ2n) is 5.24. The number of methoxy groups -OCH3 is 2. The lowest BCUT2D eigenvalue weighted by molar-refractivity contribution is 0.118. The molecule has 1 rings (SSSR count). The van der Waals surface area contributed by atoms with Crippen molar-refractivity contribution < 1.29 is 14.6 Å². The molecule has 1 aromatic rings. The highest BCUT2D eigenvalue weighted by atomic mass is 16.5. The smallest absolute Gasteiger partial charge is 0.124 e. The van der Waals surface area contributed by atoms with Crippen molar-refractivity contribution in [1.29, 1.82) is 0 Å². The number of hydrogen-bond acceptors (Lipinski definition) is 4. The Hall–Kier alpha value is -1.26. The number of nitrogens with zero attached hydrogens (tertiary/aromatic N) is 1. The van der Waals surface area contributed by atoms with Crippen LogP contribution in [0.1, 0.15) is 25.5 Å². The molecule has 1 unspecified atom stereocenters. The Morgan fingerprint density at radius 1 is 1.16 bits per heavy atom. The number of aliphatic hydroxyl groups excluding tert-OH is 1. The van der Waals surface area contributed by atoms with Crippen LogP contribution in [0.3, 0.4) is 0 Å². The van der Waals surface area contributed by atoms with Crippen LogP contribution in [-0.2, 0) is 0 Å². The maximum atomic E-state index is 10.4. The minimum absolute atomic E-state index is 0.571. The minimum Gasteiger partial charge on any atom is -0.497 e. The van der Waals surface area contributed by atoms with E-state index < -0.39 is 6.10 Å². The first-order chi connectivity index (χ1) is 8.97. The normalized spacial score (nSPS) is 12.8. The number of likely N-dealkylation sites (N-methyl/N-ethyl adjacent to an activating group) is 1. The lowest BCUT2D eigenvalue weighted by Gasteiger charge is -2.23. The predicted octanol–water partition coefficient (Wildman–Crippen LogP) is 2.33. The zero-order chi connectivity index (χ0) is 14.4. The molecule has 19 heavy (non-hydrogen) atoms. The average molecular weight is 267 g/mol. The van der Waals surface area contributed by atoms with Crippen LogP contribution in [0.25, 0.3) is 0 Å². The van der Waals surface area contributed by atoms with E-state index in [1.54, 1.807) is 14.2 Å². The van der Waals surface area contributed by atoms with E-state index in [1.807, 2.05) is 25.2 Å². The lowest BCUT2D eigenvalue weighted by atomic mass is 10.1. The third-order valence-corrected chi connectivity index (χ3v) is 2.96. The highest BCUT2D eigenvalue weighted by Gasteiger charge is 2.16. The Bertz CT molecular complexity index is 393. The van der Waals surface area contributed by atoms with Crippen LogP contribution in [0.4, 0.5) is 0 Å². The van der Waals surface area contributed by atoms with E-state index >= 15 is 0 Å². The van der Waals surface area contributed by atoms with E-state index in [4.69, 9.17) is 9.47 Å². The first-order valence-electron chi connectivity index (χ1n) is 6.56. The van der Waals surface area contributed by atoms with Gasteiger partial charge in [0.1, 0.15) is 11.5 Å². The summed E-state index contributed by atoms with van der Waals surface area (Å²) in [6.45, 7) is 5.84. The quantitative estimate of drug-likeness (QED) is 0.823. The molecule has 0 heterocycles. The van der Waals surface area contributed by atoms with Crippen molar-refractivity contribution in [2.45, 2.75) is 20.0 Å². The summed E-state index contributed by atoms with van der Waals surface area (Å²) in [4.78, 5) is 2.12. The summed E-state index contributed by atoms with van der Waals surface area (Å²) < 4.78 is 10.5. The van der Waals surface area contributed by atoms with Crippen LogP contribution < -0.4 is 9.47 Å². The second-order valence-corrected chi connectivity index (χ2v) is 5.24. The van der Waals surface area contributed by atoms with Crippen LogP contribution in [0.2, 0.25) is 0 Å². The van der Waals surface area contributed by atoms with Gasteiger partial charge in [0, 0.05) is 18.7 Å². The van der Waals surface area contributed by atoms with Crippen molar-refractivity contribution in [3.05, 3.63) is 23.8 Å². The van der Waals surface area contributed by atoms with Gasteiger partial charge in [0.15, 0.2) is 0 Å². The molecule has 1 N–H and O–H groups in total. The van der Waals surface area contributed by atoms with E-state index in [2.05, 4.69) is 18.7 Å².